The van der Waals surface area contributed by atoms with Crippen molar-refractivity contribution in [2.75, 3.05) is 5.32 Å². The first-order chi connectivity index (χ1) is 17.3. The molecule has 0 saturated carbocycles. The van der Waals surface area contributed by atoms with Crippen LogP contribution < -0.4 is 5.32 Å². The molecule has 0 atom stereocenters. The van der Waals surface area contributed by atoms with E-state index in [1.807, 2.05) is 6.07 Å². The molecule has 36 heavy (non-hydrogen) atoms. The summed E-state index contributed by atoms with van der Waals surface area (Å²) in [6, 6.07) is 17.2. The van der Waals surface area contributed by atoms with Gasteiger partial charge in [-0.25, -0.2) is 4.39 Å². The zero-order valence-electron chi connectivity index (χ0n) is 18.6. The van der Waals surface area contributed by atoms with Gasteiger partial charge in [-0.3, -0.25) is 9.78 Å². The summed E-state index contributed by atoms with van der Waals surface area (Å²) in [6.45, 7) is 0. The van der Waals surface area contributed by atoms with Gasteiger partial charge in [0.2, 0.25) is 5.91 Å². The number of pyridine rings is 1. The van der Waals surface area contributed by atoms with Crippen LogP contribution in [0.1, 0.15) is 22.3 Å². The molecular formula is C28H17F4N3O. The third-order valence-corrected chi connectivity index (χ3v) is 5.37. The lowest BCUT2D eigenvalue weighted by Crippen LogP contribution is -2.08. The van der Waals surface area contributed by atoms with Crippen LogP contribution in [0.2, 0.25) is 0 Å². The van der Waals surface area contributed by atoms with E-state index in [0.717, 1.165) is 29.0 Å². The number of nitrogens with one attached hydrogen (secondary N) is 1. The zero-order valence-corrected chi connectivity index (χ0v) is 18.6. The molecule has 4 aromatic rings. The fraction of sp³-hybridized carbons (Fsp3) is 0.0357. The Balaban J connectivity index is 1.66. The van der Waals surface area contributed by atoms with Crippen LogP contribution in [0.5, 0.6) is 0 Å². The molecule has 0 aliphatic heterocycles. The SMILES string of the molecule is N#Cc1cc(/C(=C/C=C/C(=O)Nc2cccc3cnccc23)c2ccc(C(F)(F)F)cc2)ccc1F. The molecule has 0 bridgehead atoms. The summed E-state index contributed by atoms with van der Waals surface area (Å²) in [6.07, 6.45) is 3.01. The predicted molar refractivity (Wildman–Crippen MR) is 129 cm³/mol. The highest BCUT2D eigenvalue weighted by Crippen LogP contribution is 2.32. The number of hydrogen-bond donors (Lipinski definition) is 1. The summed E-state index contributed by atoms with van der Waals surface area (Å²) in [5.74, 6) is -1.15. The van der Waals surface area contributed by atoms with Crippen molar-refractivity contribution in [3.8, 4) is 6.07 Å². The number of halogens is 4. The molecule has 0 fully saturated rings. The molecule has 1 aromatic heterocycles. The van der Waals surface area contributed by atoms with E-state index in [4.69, 9.17) is 0 Å². The van der Waals surface area contributed by atoms with Crippen LogP contribution in [0.4, 0.5) is 23.2 Å². The van der Waals surface area contributed by atoms with Gasteiger partial charge in [-0.1, -0.05) is 42.5 Å². The van der Waals surface area contributed by atoms with Crippen molar-refractivity contribution in [1.29, 1.82) is 5.26 Å². The van der Waals surface area contributed by atoms with Gasteiger partial charge in [0.15, 0.2) is 0 Å². The number of aromatic nitrogens is 1. The molecule has 0 aliphatic carbocycles. The Labute approximate surface area is 203 Å². The molecule has 3 aromatic carbocycles. The Morgan fingerprint density at radius 3 is 2.47 bits per heavy atom. The minimum atomic E-state index is -4.50. The number of carbonyl (C=O) groups excluding carboxylic acids is 1. The van der Waals surface area contributed by atoms with Crippen LogP contribution in [0.25, 0.3) is 16.3 Å². The number of fused-ring (bicyclic) bond motifs is 1. The largest absolute Gasteiger partial charge is 0.416 e. The number of carbonyl (C=O) groups is 1. The zero-order chi connectivity index (χ0) is 25.7. The smallest absolute Gasteiger partial charge is 0.322 e. The van der Waals surface area contributed by atoms with Gasteiger partial charge < -0.3 is 5.32 Å². The minimum Gasteiger partial charge on any atom is -0.322 e. The summed E-state index contributed by atoms with van der Waals surface area (Å²) in [4.78, 5) is 16.6. The summed E-state index contributed by atoms with van der Waals surface area (Å²) >= 11 is 0. The van der Waals surface area contributed by atoms with Crippen molar-refractivity contribution in [2.45, 2.75) is 6.18 Å². The van der Waals surface area contributed by atoms with Gasteiger partial charge in [0, 0.05) is 34.9 Å². The van der Waals surface area contributed by atoms with Crippen LogP contribution in [-0.4, -0.2) is 10.9 Å². The fourth-order valence-corrected chi connectivity index (χ4v) is 3.61. The van der Waals surface area contributed by atoms with Crippen molar-refractivity contribution >= 4 is 27.9 Å². The molecule has 178 valence electrons. The fourth-order valence-electron chi connectivity index (χ4n) is 3.61. The second kappa shape index (κ2) is 10.2. The topological polar surface area (TPSA) is 65.8 Å². The van der Waals surface area contributed by atoms with Gasteiger partial charge in [0.05, 0.1) is 11.1 Å². The Morgan fingerprint density at radius 2 is 1.75 bits per heavy atom. The summed E-state index contributed by atoms with van der Waals surface area (Å²) in [5, 5.41) is 13.6. The van der Waals surface area contributed by atoms with Crippen LogP contribution in [-0.2, 0) is 11.0 Å². The van der Waals surface area contributed by atoms with Crippen molar-refractivity contribution in [3.05, 3.63) is 125 Å². The number of nitrogens with zero attached hydrogens (tertiary/aromatic N) is 2. The Morgan fingerprint density at radius 1 is 1.00 bits per heavy atom. The number of amides is 1. The van der Waals surface area contributed by atoms with Crippen molar-refractivity contribution in [1.82, 2.24) is 4.98 Å². The van der Waals surface area contributed by atoms with Crippen molar-refractivity contribution in [2.24, 2.45) is 0 Å². The van der Waals surface area contributed by atoms with Crippen LogP contribution in [0, 0.1) is 17.1 Å². The maximum Gasteiger partial charge on any atom is 0.416 e. The maximum absolute atomic E-state index is 13.9. The molecule has 0 radical (unpaired) electrons. The standard InChI is InChI=1S/C28H17F4N3O/c29-25-12-9-19(15-21(25)16-33)23(18-7-10-22(11-8-18)28(30,31)32)4-2-6-27(36)35-26-5-1-3-20-17-34-14-13-24(20)26/h1-15,17H,(H,35,36)/b6-2+,23-4+. The maximum atomic E-state index is 13.9. The first-order valence-corrected chi connectivity index (χ1v) is 10.7. The molecule has 8 heteroatoms. The van der Waals surface area contributed by atoms with E-state index < -0.39 is 23.5 Å². The molecule has 0 spiro atoms. The van der Waals surface area contributed by atoms with Crippen molar-refractivity contribution < 1.29 is 22.4 Å². The molecule has 0 unspecified atom stereocenters. The number of hydrogen-bond acceptors (Lipinski definition) is 3. The van der Waals surface area contributed by atoms with Crippen LogP contribution in [0.15, 0.2) is 97.4 Å². The third kappa shape index (κ3) is 5.47. The first-order valence-electron chi connectivity index (χ1n) is 10.7. The van der Waals surface area contributed by atoms with Gasteiger partial charge >= 0.3 is 6.18 Å². The Kier molecular flexibility index (Phi) is 6.93. The molecule has 4 nitrogen and oxygen atoms in total. The molecular weight excluding hydrogens is 470 g/mol. The second-order valence-corrected chi connectivity index (χ2v) is 7.71. The molecule has 4 rings (SSSR count). The number of rotatable bonds is 5. The third-order valence-electron chi connectivity index (χ3n) is 5.37. The number of allylic oxidation sites excluding steroid dienone is 2. The van der Waals surface area contributed by atoms with E-state index in [2.05, 4.69) is 10.3 Å². The van der Waals surface area contributed by atoms with E-state index in [-0.39, 0.29) is 5.56 Å². The van der Waals surface area contributed by atoms with Crippen LogP contribution in [0.3, 0.4) is 0 Å². The van der Waals surface area contributed by atoms with Crippen LogP contribution >= 0.6 is 0 Å². The summed E-state index contributed by atoms with van der Waals surface area (Å²) in [5.41, 5.74) is 0.763. The highest BCUT2D eigenvalue weighted by atomic mass is 19.4. The van der Waals surface area contributed by atoms with Gasteiger partial charge in [0.1, 0.15) is 11.9 Å². The minimum absolute atomic E-state index is 0.211. The number of anilines is 1. The van der Waals surface area contributed by atoms with Gasteiger partial charge in [-0.15, -0.1) is 0 Å². The molecule has 1 heterocycles. The average molecular weight is 487 g/mol. The predicted octanol–water partition coefficient (Wildman–Crippen LogP) is 6.89. The van der Waals surface area contributed by atoms with Crippen molar-refractivity contribution in [3.63, 3.8) is 0 Å². The lowest BCUT2D eigenvalue weighted by Gasteiger charge is -2.11. The molecule has 1 amide bonds. The lowest BCUT2D eigenvalue weighted by molar-refractivity contribution is -0.137. The highest BCUT2D eigenvalue weighted by molar-refractivity contribution is 6.06. The Bertz CT molecular complexity index is 1530. The van der Waals surface area contributed by atoms with E-state index >= 15 is 0 Å². The number of nitriles is 1. The van der Waals surface area contributed by atoms with E-state index in [1.54, 1.807) is 36.7 Å². The van der Waals surface area contributed by atoms with E-state index in [0.29, 0.717) is 22.4 Å². The lowest BCUT2D eigenvalue weighted by atomic mass is 9.95. The molecule has 0 saturated heterocycles. The van der Waals surface area contributed by atoms with Gasteiger partial charge in [-0.2, -0.15) is 18.4 Å². The average Bonchev–Trinajstić information content (AvgIpc) is 2.87. The first kappa shape index (κ1) is 24.4. The number of benzene rings is 3. The van der Waals surface area contributed by atoms with Gasteiger partial charge in [-0.05, 0) is 53.1 Å². The monoisotopic (exact) mass is 487 g/mol. The Hall–Kier alpha value is -4.77. The second-order valence-electron chi connectivity index (χ2n) is 7.71. The summed E-state index contributed by atoms with van der Waals surface area (Å²) in [7, 11) is 0. The summed E-state index contributed by atoms with van der Waals surface area (Å²) < 4.78 is 52.9. The highest BCUT2D eigenvalue weighted by Gasteiger charge is 2.30. The quantitative estimate of drug-likeness (QED) is 0.189. The van der Waals surface area contributed by atoms with E-state index in [1.165, 1.54) is 42.5 Å². The number of alkyl halides is 3. The molecule has 1 N–H and O–H groups in total. The molecule has 0 aliphatic rings. The normalized spacial score (nSPS) is 12.0. The van der Waals surface area contributed by atoms with E-state index in [9.17, 15) is 27.6 Å². The van der Waals surface area contributed by atoms with Gasteiger partial charge in [0.25, 0.3) is 0 Å².